The number of sulfonamides is 1. The number of aryl methyl sites for hydroxylation is 1. The molecule has 1 atom stereocenters. The molecule has 0 saturated carbocycles. The van der Waals surface area contributed by atoms with Crippen molar-refractivity contribution in [1.29, 1.82) is 0 Å². The van der Waals surface area contributed by atoms with Crippen LogP contribution in [0.3, 0.4) is 0 Å². The molecule has 0 saturated heterocycles. The van der Waals surface area contributed by atoms with Crippen molar-refractivity contribution in [1.82, 2.24) is 5.32 Å². The fourth-order valence-corrected chi connectivity index (χ4v) is 6.01. The van der Waals surface area contributed by atoms with E-state index >= 15 is 0 Å². The van der Waals surface area contributed by atoms with Crippen LogP contribution in [0.5, 0.6) is 5.75 Å². The summed E-state index contributed by atoms with van der Waals surface area (Å²) in [6.45, 7) is 3.78. The second-order valence-electron chi connectivity index (χ2n) is 9.30. The molecule has 0 unspecified atom stereocenters. The van der Waals surface area contributed by atoms with Crippen molar-refractivity contribution in [2.45, 2.75) is 36.2 Å². The van der Waals surface area contributed by atoms with Gasteiger partial charge in [0, 0.05) is 9.92 Å². The smallest absolute Gasteiger partial charge is 0.264 e. The molecule has 1 amide bonds. The number of carbonyl (C=O) groups excluding carboxylic acids is 1. The van der Waals surface area contributed by atoms with Gasteiger partial charge in [0.15, 0.2) is 6.61 Å². The van der Waals surface area contributed by atoms with Gasteiger partial charge in [-0.25, -0.2) is 8.42 Å². The van der Waals surface area contributed by atoms with Crippen LogP contribution < -0.4 is 14.4 Å². The average molecular weight is 595 g/mol. The summed E-state index contributed by atoms with van der Waals surface area (Å²) in [5.74, 6) is 0.201. The average Bonchev–Trinajstić information content (AvgIpc) is 2.96. The minimum atomic E-state index is -3.87. The van der Waals surface area contributed by atoms with E-state index in [0.29, 0.717) is 16.5 Å². The number of carbonyl (C=O) groups is 1. The van der Waals surface area contributed by atoms with Gasteiger partial charge in [-0.2, -0.15) is 0 Å². The fourth-order valence-electron chi connectivity index (χ4n) is 4.02. The molecule has 208 valence electrons. The molecule has 0 aromatic heterocycles. The highest BCUT2D eigenvalue weighted by Crippen LogP contribution is 2.28. The SMILES string of the molecule is CSc1ccc([C@H](C)NC(=O)COc2ccc(N(Cc3ccc(Cl)cc3)S(=O)(=O)c3ccc(C)cc3)cc2)cc1. The molecular formula is C31H31ClN2O4S2. The minimum Gasteiger partial charge on any atom is -0.484 e. The molecule has 6 nitrogen and oxygen atoms in total. The largest absolute Gasteiger partial charge is 0.484 e. The van der Waals surface area contributed by atoms with Crippen molar-refractivity contribution in [3.63, 3.8) is 0 Å². The molecule has 0 radical (unpaired) electrons. The number of benzene rings is 4. The first-order chi connectivity index (χ1) is 19.2. The maximum Gasteiger partial charge on any atom is 0.264 e. The van der Waals surface area contributed by atoms with Crippen LogP contribution in [0.25, 0.3) is 0 Å². The number of anilines is 1. The van der Waals surface area contributed by atoms with Crippen molar-refractivity contribution < 1.29 is 17.9 Å². The van der Waals surface area contributed by atoms with E-state index in [4.69, 9.17) is 16.3 Å². The van der Waals surface area contributed by atoms with Crippen LogP contribution in [0, 0.1) is 6.92 Å². The van der Waals surface area contributed by atoms with Gasteiger partial charge in [-0.05, 0) is 91.9 Å². The Balaban J connectivity index is 1.46. The molecule has 0 fully saturated rings. The molecular weight excluding hydrogens is 564 g/mol. The number of nitrogens with zero attached hydrogens (tertiary/aromatic N) is 1. The Bertz CT molecular complexity index is 1520. The molecule has 0 aliphatic heterocycles. The first-order valence-corrected chi connectivity index (χ1v) is 15.7. The monoisotopic (exact) mass is 594 g/mol. The third kappa shape index (κ3) is 7.59. The number of rotatable bonds is 11. The summed E-state index contributed by atoms with van der Waals surface area (Å²) in [7, 11) is -3.87. The lowest BCUT2D eigenvalue weighted by molar-refractivity contribution is -0.123. The van der Waals surface area contributed by atoms with E-state index in [2.05, 4.69) is 5.32 Å². The molecule has 9 heteroatoms. The van der Waals surface area contributed by atoms with Crippen LogP contribution in [0.4, 0.5) is 5.69 Å². The standard InChI is InChI=1S/C31H31ClN2O4S2/c1-22-4-18-30(19-5-22)40(36,37)34(20-24-6-10-26(32)11-7-24)27-12-14-28(15-13-27)38-21-31(35)33-23(2)25-8-16-29(39-3)17-9-25/h4-19,23H,20-21H2,1-3H3,(H,33,35)/t23-/m0/s1. The highest BCUT2D eigenvalue weighted by molar-refractivity contribution is 7.98. The number of hydrogen-bond donors (Lipinski definition) is 1. The van der Waals surface area contributed by atoms with Crippen LogP contribution in [-0.4, -0.2) is 27.2 Å². The highest BCUT2D eigenvalue weighted by atomic mass is 35.5. The van der Waals surface area contributed by atoms with Crippen LogP contribution in [0.15, 0.2) is 107 Å². The molecule has 40 heavy (non-hydrogen) atoms. The minimum absolute atomic E-state index is 0.117. The predicted octanol–water partition coefficient (Wildman–Crippen LogP) is 7.02. The summed E-state index contributed by atoms with van der Waals surface area (Å²) in [6, 6.07) is 28.4. The molecule has 1 N–H and O–H groups in total. The zero-order valence-corrected chi connectivity index (χ0v) is 24.9. The summed E-state index contributed by atoms with van der Waals surface area (Å²) < 4.78 is 34.4. The molecule has 0 heterocycles. The Kier molecular flexibility index (Phi) is 9.79. The summed E-state index contributed by atoms with van der Waals surface area (Å²) in [6.07, 6.45) is 2.02. The third-order valence-corrected chi connectivity index (χ3v) is 9.12. The summed E-state index contributed by atoms with van der Waals surface area (Å²) >= 11 is 7.69. The van der Waals surface area contributed by atoms with Gasteiger partial charge >= 0.3 is 0 Å². The van der Waals surface area contributed by atoms with E-state index in [-0.39, 0.29) is 30.0 Å². The van der Waals surface area contributed by atoms with Gasteiger partial charge in [0.2, 0.25) is 0 Å². The zero-order valence-electron chi connectivity index (χ0n) is 22.5. The van der Waals surface area contributed by atoms with Gasteiger partial charge in [-0.15, -0.1) is 11.8 Å². The molecule has 4 aromatic carbocycles. The van der Waals surface area contributed by atoms with Crippen molar-refractivity contribution in [3.8, 4) is 5.75 Å². The van der Waals surface area contributed by atoms with E-state index in [9.17, 15) is 13.2 Å². The predicted molar refractivity (Wildman–Crippen MR) is 163 cm³/mol. The van der Waals surface area contributed by atoms with Gasteiger partial charge in [0.1, 0.15) is 5.75 Å². The lowest BCUT2D eigenvalue weighted by atomic mass is 10.1. The fraction of sp³-hybridized carbons (Fsp3) is 0.194. The quantitative estimate of drug-likeness (QED) is 0.189. The molecule has 0 bridgehead atoms. The Morgan fingerprint density at radius 1 is 0.925 bits per heavy atom. The van der Waals surface area contributed by atoms with E-state index in [1.165, 1.54) is 4.31 Å². The normalized spacial score (nSPS) is 12.0. The first kappa shape index (κ1) is 29.5. The Morgan fingerprint density at radius 2 is 1.55 bits per heavy atom. The van der Waals surface area contributed by atoms with Gasteiger partial charge < -0.3 is 10.1 Å². The lowest BCUT2D eigenvalue weighted by Gasteiger charge is -2.25. The van der Waals surface area contributed by atoms with E-state index in [0.717, 1.165) is 21.6 Å². The lowest BCUT2D eigenvalue weighted by Crippen LogP contribution is -2.31. The molecule has 0 aliphatic rings. The molecule has 4 aromatic rings. The van der Waals surface area contributed by atoms with Gasteiger partial charge in [-0.3, -0.25) is 9.10 Å². The Hall–Kier alpha value is -3.46. The van der Waals surface area contributed by atoms with Crippen LogP contribution >= 0.6 is 23.4 Å². The number of hydrogen-bond acceptors (Lipinski definition) is 5. The maximum atomic E-state index is 13.7. The second-order valence-corrected chi connectivity index (χ2v) is 12.5. The van der Waals surface area contributed by atoms with Gasteiger partial charge in [0.25, 0.3) is 15.9 Å². The Labute approximate surface area is 245 Å². The number of thioether (sulfide) groups is 1. The highest BCUT2D eigenvalue weighted by Gasteiger charge is 2.25. The van der Waals surface area contributed by atoms with Crippen LogP contribution in [0.1, 0.15) is 29.7 Å². The Morgan fingerprint density at radius 3 is 2.15 bits per heavy atom. The second kappa shape index (κ2) is 13.3. The number of amides is 1. The van der Waals surface area contributed by atoms with Crippen molar-refractivity contribution in [2.24, 2.45) is 0 Å². The molecule has 4 rings (SSSR count). The molecule has 0 aliphatic carbocycles. The maximum absolute atomic E-state index is 13.7. The van der Waals surface area contributed by atoms with Gasteiger partial charge in [0.05, 0.1) is 23.2 Å². The van der Waals surface area contributed by atoms with E-state index < -0.39 is 10.0 Å². The number of halogens is 1. The zero-order chi connectivity index (χ0) is 28.7. The number of ether oxygens (including phenoxy) is 1. The molecule has 0 spiro atoms. The summed E-state index contributed by atoms with van der Waals surface area (Å²) in [4.78, 5) is 13.9. The number of nitrogens with one attached hydrogen (secondary N) is 1. The van der Waals surface area contributed by atoms with Crippen molar-refractivity contribution in [3.05, 3.63) is 119 Å². The van der Waals surface area contributed by atoms with Crippen LogP contribution in [-0.2, 0) is 21.4 Å². The van der Waals surface area contributed by atoms with E-state index in [1.807, 2.05) is 44.4 Å². The summed E-state index contributed by atoms with van der Waals surface area (Å²) in [5, 5.41) is 3.51. The van der Waals surface area contributed by atoms with Crippen molar-refractivity contribution >= 4 is 45.0 Å². The van der Waals surface area contributed by atoms with Crippen molar-refractivity contribution in [2.75, 3.05) is 17.2 Å². The summed E-state index contributed by atoms with van der Waals surface area (Å²) in [5.41, 5.74) is 3.23. The van der Waals surface area contributed by atoms with Gasteiger partial charge in [-0.1, -0.05) is 53.6 Å². The van der Waals surface area contributed by atoms with E-state index in [1.54, 1.807) is 84.6 Å². The topological polar surface area (TPSA) is 75.7 Å². The third-order valence-electron chi connectivity index (χ3n) is 6.34. The first-order valence-electron chi connectivity index (χ1n) is 12.7. The van der Waals surface area contributed by atoms with Crippen LogP contribution in [0.2, 0.25) is 5.02 Å².